The van der Waals surface area contributed by atoms with Crippen molar-refractivity contribution in [3.8, 4) is 0 Å². The number of hydrogen-bond donors (Lipinski definition) is 2. The van der Waals surface area contributed by atoms with E-state index in [2.05, 4.69) is 10.7 Å². The topological polar surface area (TPSA) is 105 Å². The Kier molecular flexibility index (Phi) is 5.51. The van der Waals surface area contributed by atoms with Crippen molar-refractivity contribution < 1.29 is 19.2 Å². The molecular formula is C15H26N6O4. The highest BCUT2D eigenvalue weighted by Gasteiger charge is 2.47. The first-order valence-corrected chi connectivity index (χ1v) is 8.32. The molecule has 10 nitrogen and oxygen atoms in total. The van der Waals surface area contributed by atoms with E-state index in [4.69, 9.17) is 0 Å². The fourth-order valence-corrected chi connectivity index (χ4v) is 2.77. The van der Waals surface area contributed by atoms with Gasteiger partial charge in [0.05, 0.1) is 6.54 Å². The summed E-state index contributed by atoms with van der Waals surface area (Å²) in [4.78, 5) is 53.3. The summed E-state index contributed by atoms with van der Waals surface area (Å²) in [5.41, 5.74) is 1.39. The highest BCUT2D eigenvalue weighted by molar-refractivity contribution is 6.07. The molecule has 2 aliphatic heterocycles. The standard InChI is InChI=1S/C15H26N6O4/c1-5-15(2)12(23)21(13(24)16-15)17-11(22)10-19-6-8-20(9-7-19)14(25)18(3)4/h5-10H2,1-4H3,(H,16,24)(H,17,22). The van der Waals surface area contributed by atoms with E-state index in [1.165, 1.54) is 4.90 Å². The van der Waals surface area contributed by atoms with Gasteiger partial charge in [0.25, 0.3) is 11.8 Å². The SMILES string of the molecule is CCC1(C)NC(=O)N(NC(=O)CN2CCN(C(=O)N(C)C)CC2)C1=O. The second-order valence-corrected chi connectivity index (χ2v) is 6.73. The number of hydrazine groups is 1. The van der Waals surface area contributed by atoms with Gasteiger partial charge in [-0.15, -0.1) is 0 Å². The number of hydrogen-bond acceptors (Lipinski definition) is 5. The van der Waals surface area contributed by atoms with Crippen molar-refractivity contribution in [3.63, 3.8) is 0 Å². The van der Waals surface area contributed by atoms with Crippen LogP contribution in [0.15, 0.2) is 0 Å². The summed E-state index contributed by atoms with van der Waals surface area (Å²) in [7, 11) is 3.40. The first-order chi connectivity index (χ1) is 11.7. The summed E-state index contributed by atoms with van der Waals surface area (Å²) < 4.78 is 0. The molecule has 0 aliphatic carbocycles. The van der Waals surface area contributed by atoms with E-state index in [0.29, 0.717) is 32.6 Å². The first kappa shape index (κ1) is 19.0. The minimum absolute atomic E-state index is 0.0534. The molecule has 0 aromatic rings. The summed E-state index contributed by atoms with van der Waals surface area (Å²) in [6, 6.07) is -0.675. The minimum atomic E-state index is -0.984. The van der Waals surface area contributed by atoms with E-state index in [-0.39, 0.29) is 12.6 Å². The van der Waals surface area contributed by atoms with Crippen molar-refractivity contribution >= 4 is 23.9 Å². The first-order valence-electron chi connectivity index (χ1n) is 8.32. The molecule has 0 radical (unpaired) electrons. The lowest BCUT2D eigenvalue weighted by atomic mass is 10.00. The average molecular weight is 354 g/mol. The van der Waals surface area contributed by atoms with E-state index >= 15 is 0 Å². The van der Waals surface area contributed by atoms with E-state index < -0.39 is 23.4 Å². The molecule has 6 amide bonds. The number of amides is 6. The van der Waals surface area contributed by atoms with Gasteiger partial charge in [0.2, 0.25) is 0 Å². The van der Waals surface area contributed by atoms with Crippen LogP contribution in [-0.2, 0) is 9.59 Å². The molecule has 0 bridgehead atoms. The Morgan fingerprint density at radius 3 is 2.28 bits per heavy atom. The normalized spacial score (nSPS) is 24.3. The third kappa shape index (κ3) is 4.01. The Labute approximate surface area is 147 Å². The maximum Gasteiger partial charge on any atom is 0.344 e. The number of imide groups is 1. The van der Waals surface area contributed by atoms with Gasteiger partial charge in [-0.05, 0) is 13.3 Å². The molecule has 10 heteroatoms. The second kappa shape index (κ2) is 7.26. The fourth-order valence-electron chi connectivity index (χ4n) is 2.77. The minimum Gasteiger partial charge on any atom is -0.331 e. The van der Waals surface area contributed by atoms with Gasteiger partial charge >= 0.3 is 12.1 Å². The number of nitrogens with zero attached hydrogens (tertiary/aromatic N) is 4. The van der Waals surface area contributed by atoms with Crippen LogP contribution in [0.4, 0.5) is 9.59 Å². The van der Waals surface area contributed by atoms with Crippen molar-refractivity contribution in [1.82, 2.24) is 30.5 Å². The Morgan fingerprint density at radius 1 is 1.20 bits per heavy atom. The van der Waals surface area contributed by atoms with Crippen LogP contribution in [-0.4, -0.2) is 95.9 Å². The molecule has 2 fully saturated rings. The summed E-state index contributed by atoms with van der Waals surface area (Å²) >= 11 is 0. The van der Waals surface area contributed by atoms with Crippen molar-refractivity contribution in [2.75, 3.05) is 46.8 Å². The Hall–Kier alpha value is -2.36. The van der Waals surface area contributed by atoms with E-state index in [0.717, 1.165) is 5.01 Å². The number of urea groups is 2. The van der Waals surface area contributed by atoms with Crippen LogP contribution in [0.2, 0.25) is 0 Å². The summed E-state index contributed by atoms with van der Waals surface area (Å²) in [5, 5.41) is 3.33. The molecule has 140 valence electrons. The van der Waals surface area contributed by atoms with Crippen LogP contribution in [0.3, 0.4) is 0 Å². The van der Waals surface area contributed by atoms with Crippen LogP contribution in [0, 0.1) is 0 Å². The molecule has 1 atom stereocenters. The number of carbonyl (C=O) groups excluding carboxylic acids is 4. The third-order valence-electron chi connectivity index (χ3n) is 4.60. The predicted molar refractivity (Wildman–Crippen MR) is 89.3 cm³/mol. The van der Waals surface area contributed by atoms with Gasteiger partial charge < -0.3 is 15.1 Å². The van der Waals surface area contributed by atoms with E-state index in [9.17, 15) is 19.2 Å². The average Bonchev–Trinajstić information content (AvgIpc) is 2.78. The van der Waals surface area contributed by atoms with Crippen LogP contribution in [0.25, 0.3) is 0 Å². The Balaban J connectivity index is 1.83. The van der Waals surface area contributed by atoms with Crippen molar-refractivity contribution in [2.45, 2.75) is 25.8 Å². The lowest BCUT2D eigenvalue weighted by Crippen LogP contribution is -2.55. The highest BCUT2D eigenvalue weighted by Crippen LogP contribution is 2.19. The number of nitrogens with one attached hydrogen (secondary N) is 2. The van der Waals surface area contributed by atoms with Crippen LogP contribution < -0.4 is 10.7 Å². The molecule has 2 saturated heterocycles. The van der Waals surface area contributed by atoms with Gasteiger partial charge in [0.1, 0.15) is 5.54 Å². The van der Waals surface area contributed by atoms with Gasteiger partial charge in [0.15, 0.2) is 0 Å². The summed E-state index contributed by atoms with van der Waals surface area (Å²) in [6.07, 6.45) is 0.436. The zero-order chi connectivity index (χ0) is 18.8. The predicted octanol–water partition coefficient (Wildman–Crippen LogP) is -0.963. The molecule has 0 saturated carbocycles. The van der Waals surface area contributed by atoms with Crippen LogP contribution in [0.5, 0.6) is 0 Å². The Morgan fingerprint density at radius 2 is 1.80 bits per heavy atom. The zero-order valence-corrected chi connectivity index (χ0v) is 15.2. The molecule has 0 aromatic carbocycles. The highest BCUT2D eigenvalue weighted by atomic mass is 16.2. The van der Waals surface area contributed by atoms with E-state index in [1.54, 1.807) is 32.8 Å². The van der Waals surface area contributed by atoms with E-state index in [1.807, 2.05) is 4.90 Å². The quantitative estimate of drug-likeness (QED) is 0.633. The number of rotatable bonds is 4. The maximum absolute atomic E-state index is 12.2. The monoisotopic (exact) mass is 354 g/mol. The third-order valence-corrected chi connectivity index (χ3v) is 4.60. The molecule has 2 rings (SSSR count). The Bertz CT molecular complexity index is 572. The van der Waals surface area contributed by atoms with Crippen LogP contribution in [0.1, 0.15) is 20.3 Å². The fraction of sp³-hybridized carbons (Fsp3) is 0.733. The smallest absolute Gasteiger partial charge is 0.331 e. The molecule has 0 aromatic heterocycles. The maximum atomic E-state index is 12.2. The van der Waals surface area contributed by atoms with Gasteiger partial charge in [-0.25, -0.2) is 9.59 Å². The van der Waals surface area contributed by atoms with Crippen LogP contribution >= 0.6 is 0 Å². The van der Waals surface area contributed by atoms with Gasteiger partial charge in [-0.1, -0.05) is 6.92 Å². The molecule has 25 heavy (non-hydrogen) atoms. The molecule has 2 N–H and O–H groups in total. The van der Waals surface area contributed by atoms with Gasteiger partial charge in [-0.3, -0.25) is 19.9 Å². The molecule has 0 spiro atoms. The van der Waals surface area contributed by atoms with Crippen molar-refractivity contribution in [1.29, 1.82) is 0 Å². The van der Waals surface area contributed by atoms with Crippen molar-refractivity contribution in [2.24, 2.45) is 0 Å². The zero-order valence-electron chi connectivity index (χ0n) is 15.2. The summed E-state index contributed by atoms with van der Waals surface area (Å²) in [5.74, 6) is -0.897. The lowest BCUT2D eigenvalue weighted by molar-refractivity contribution is -0.139. The van der Waals surface area contributed by atoms with Gasteiger partial charge in [0, 0.05) is 40.3 Å². The summed E-state index contributed by atoms with van der Waals surface area (Å²) in [6.45, 7) is 5.64. The molecular weight excluding hydrogens is 328 g/mol. The molecule has 1 unspecified atom stereocenters. The molecule has 2 heterocycles. The lowest BCUT2D eigenvalue weighted by Gasteiger charge is -2.35. The molecule has 2 aliphatic rings. The van der Waals surface area contributed by atoms with Gasteiger partial charge in [-0.2, -0.15) is 5.01 Å². The van der Waals surface area contributed by atoms with Crippen molar-refractivity contribution in [3.05, 3.63) is 0 Å². The number of piperazine rings is 1. The second-order valence-electron chi connectivity index (χ2n) is 6.73. The largest absolute Gasteiger partial charge is 0.344 e. The number of carbonyl (C=O) groups is 4.